The molecule has 0 radical (unpaired) electrons. The zero-order valence-corrected chi connectivity index (χ0v) is 19.2. The molecule has 2 fully saturated rings. The summed E-state index contributed by atoms with van der Waals surface area (Å²) in [6, 6.07) is 16.1. The number of carbonyl (C=O) groups excluding carboxylic acids is 2. The predicted molar refractivity (Wildman–Crippen MR) is 126 cm³/mol. The third kappa shape index (κ3) is 4.27. The van der Waals surface area contributed by atoms with E-state index in [1.807, 2.05) is 24.3 Å². The summed E-state index contributed by atoms with van der Waals surface area (Å²) in [7, 11) is 0. The van der Waals surface area contributed by atoms with Crippen molar-refractivity contribution in [3.8, 4) is 11.1 Å². The Hall–Kier alpha value is -3.35. The lowest BCUT2D eigenvalue weighted by Crippen LogP contribution is -2.50. The first-order valence-corrected chi connectivity index (χ1v) is 12.0. The van der Waals surface area contributed by atoms with Crippen LogP contribution in [0.15, 0.2) is 48.5 Å². The predicted octanol–water partition coefficient (Wildman–Crippen LogP) is 3.92. The average Bonchev–Trinajstić information content (AvgIpc) is 3.31. The van der Waals surface area contributed by atoms with E-state index in [2.05, 4.69) is 34.9 Å². The number of rotatable bonds is 7. The highest BCUT2D eigenvalue weighted by Gasteiger charge is 2.50. The van der Waals surface area contributed by atoms with Gasteiger partial charge >= 0.3 is 12.1 Å². The van der Waals surface area contributed by atoms with Gasteiger partial charge in [0.1, 0.15) is 6.61 Å². The Labute approximate surface area is 198 Å². The van der Waals surface area contributed by atoms with Gasteiger partial charge in [-0.3, -0.25) is 9.59 Å². The highest BCUT2D eigenvalue weighted by atomic mass is 16.5. The van der Waals surface area contributed by atoms with Crippen molar-refractivity contribution >= 4 is 18.0 Å². The van der Waals surface area contributed by atoms with Crippen LogP contribution in [0.1, 0.15) is 49.7 Å². The number of hydrogen-bond acceptors (Lipinski definition) is 4. The van der Waals surface area contributed by atoms with Crippen LogP contribution in [0, 0.1) is 17.8 Å². The smallest absolute Gasteiger partial charge is 0.407 e. The van der Waals surface area contributed by atoms with Gasteiger partial charge in [-0.05, 0) is 60.3 Å². The van der Waals surface area contributed by atoms with E-state index in [0.717, 1.165) is 12.8 Å². The third-order valence-corrected chi connectivity index (χ3v) is 7.71. The molecule has 3 aliphatic carbocycles. The topological polar surface area (TPSA) is 105 Å². The Balaban J connectivity index is 1.13. The van der Waals surface area contributed by atoms with Gasteiger partial charge in [0, 0.05) is 23.9 Å². The number of alkyl carbamates (subject to hydrolysis) is 1. The number of ether oxygens (including phenoxy) is 1. The summed E-state index contributed by atoms with van der Waals surface area (Å²) in [6.45, 7) is 1.99. The van der Waals surface area contributed by atoms with Gasteiger partial charge in [-0.15, -0.1) is 0 Å². The number of aliphatic carboxylic acids is 1. The van der Waals surface area contributed by atoms with Gasteiger partial charge in [0.15, 0.2) is 0 Å². The number of carboxylic acid groups (broad SMARTS) is 1. The molecule has 3 aliphatic rings. The van der Waals surface area contributed by atoms with Crippen LogP contribution >= 0.6 is 0 Å². The molecule has 5 rings (SSSR count). The highest BCUT2D eigenvalue weighted by molar-refractivity contribution is 5.80. The minimum absolute atomic E-state index is 0.0230. The fourth-order valence-corrected chi connectivity index (χ4v) is 6.07. The molecule has 7 heteroatoms. The lowest BCUT2D eigenvalue weighted by atomic mass is 9.71. The molecule has 0 heterocycles. The SMILES string of the molecule is CC(CC(=O)O)NC(=O)C1C[C@@H]2C[C@H](NC(=O)OCC3c4ccccc4-c4ccccc43)[C@@H]2C1. The van der Waals surface area contributed by atoms with E-state index in [1.165, 1.54) is 22.3 Å². The summed E-state index contributed by atoms with van der Waals surface area (Å²) in [5.41, 5.74) is 4.76. The van der Waals surface area contributed by atoms with Crippen molar-refractivity contribution in [1.82, 2.24) is 10.6 Å². The second-order valence-corrected chi connectivity index (χ2v) is 9.91. The molecule has 0 saturated heterocycles. The minimum atomic E-state index is -0.924. The van der Waals surface area contributed by atoms with E-state index in [0.29, 0.717) is 12.3 Å². The molecule has 2 aromatic carbocycles. The van der Waals surface area contributed by atoms with Gasteiger partial charge in [0.25, 0.3) is 0 Å². The van der Waals surface area contributed by atoms with Crippen molar-refractivity contribution in [2.45, 2.75) is 50.6 Å². The second-order valence-electron chi connectivity index (χ2n) is 9.91. The Bertz CT molecular complexity index is 1070. The first-order chi connectivity index (χ1) is 16.4. The number of amides is 2. The van der Waals surface area contributed by atoms with E-state index >= 15 is 0 Å². The zero-order chi connectivity index (χ0) is 23.8. The lowest BCUT2D eigenvalue weighted by molar-refractivity contribution is -0.137. The van der Waals surface area contributed by atoms with E-state index < -0.39 is 18.1 Å². The van der Waals surface area contributed by atoms with Crippen molar-refractivity contribution in [3.05, 3.63) is 59.7 Å². The van der Waals surface area contributed by atoms with Gasteiger partial charge in [-0.2, -0.15) is 0 Å². The molecule has 0 bridgehead atoms. The van der Waals surface area contributed by atoms with Gasteiger partial charge < -0.3 is 20.5 Å². The Morgan fingerprint density at radius 1 is 1.00 bits per heavy atom. The van der Waals surface area contributed by atoms with Crippen LogP contribution in [0.5, 0.6) is 0 Å². The molecule has 5 atom stereocenters. The number of hydrogen-bond donors (Lipinski definition) is 3. The number of benzene rings is 2. The number of carbonyl (C=O) groups is 3. The second kappa shape index (κ2) is 9.12. The van der Waals surface area contributed by atoms with Crippen molar-refractivity contribution in [1.29, 1.82) is 0 Å². The van der Waals surface area contributed by atoms with E-state index in [1.54, 1.807) is 6.92 Å². The maximum Gasteiger partial charge on any atom is 0.407 e. The van der Waals surface area contributed by atoms with Gasteiger partial charge in [-0.1, -0.05) is 48.5 Å². The molecule has 2 unspecified atom stereocenters. The number of carboxylic acids is 1. The maximum absolute atomic E-state index is 12.6. The van der Waals surface area contributed by atoms with Crippen LogP contribution in [-0.2, 0) is 14.3 Å². The molecule has 0 aliphatic heterocycles. The molecular formula is C27H30N2O5. The van der Waals surface area contributed by atoms with Crippen LogP contribution in [0.4, 0.5) is 4.79 Å². The van der Waals surface area contributed by atoms with Gasteiger partial charge in [-0.25, -0.2) is 4.79 Å². The van der Waals surface area contributed by atoms with E-state index in [4.69, 9.17) is 9.84 Å². The molecule has 0 aromatic heterocycles. The Morgan fingerprint density at radius 3 is 2.29 bits per heavy atom. The summed E-state index contributed by atoms with van der Waals surface area (Å²) in [5, 5.41) is 14.7. The molecule has 2 amide bonds. The first kappa shape index (κ1) is 22.4. The molecule has 34 heavy (non-hydrogen) atoms. The highest BCUT2D eigenvalue weighted by Crippen LogP contribution is 2.50. The van der Waals surface area contributed by atoms with E-state index in [9.17, 15) is 14.4 Å². The normalized spacial score (nSPS) is 25.3. The van der Waals surface area contributed by atoms with Crippen molar-refractivity contribution < 1.29 is 24.2 Å². The standard InChI is InChI=1S/C27H30N2O5/c1-15(10-25(30)31)28-26(32)17-11-16-13-24(22(16)12-17)29-27(33)34-14-23-20-8-4-2-6-18(20)19-7-3-5-9-21(19)23/h2-9,15-17,22-24H,10-14H2,1H3,(H,28,32)(H,29,33)(H,30,31)/t15?,16-,17?,22-,24+/m1/s1. The fourth-order valence-electron chi connectivity index (χ4n) is 6.07. The summed E-state index contributed by atoms with van der Waals surface area (Å²) in [4.78, 5) is 36.0. The lowest BCUT2D eigenvalue weighted by Gasteiger charge is -2.40. The van der Waals surface area contributed by atoms with Gasteiger partial charge in [0.2, 0.25) is 5.91 Å². The monoisotopic (exact) mass is 462 g/mol. The van der Waals surface area contributed by atoms with Crippen LogP contribution in [0.3, 0.4) is 0 Å². The Kier molecular flexibility index (Phi) is 6.02. The molecule has 178 valence electrons. The van der Waals surface area contributed by atoms with Crippen molar-refractivity contribution in [2.75, 3.05) is 6.61 Å². The minimum Gasteiger partial charge on any atom is -0.481 e. The zero-order valence-electron chi connectivity index (χ0n) is 19.2. The summed E-state index contributed by atoms with van der Waals surface area (Å²) >= 11 is 0. The van der Waals surface area contributed by atoms with Crippen LogP contribution in [0.2, 0.25) is 0 Å². The summed E-state index contributed by atoms with van der Waals surface area (Å²) in [5.74, 6) is -0.412. The van der Waals surface area contributed by atoms with Gasteiger partial charge in [0.05, 0.1) is 6.42 Å². The molecule has 3 N–H and O–H groups in total. The Morgan fingerprint density at radius 2 is 1.65 bits per heavy atom. The molecule has 7 nitrogen and oxygen atoms in total. The summed E-state index contributed by atoms with van der Waals surface area (Å²) in [6.07, 6.45) is 1.86. The summed E-state index contributed by atoms with van der Waals surface area (Å²) < 4.78 is 5.67. The number of nitrogens with one attached hydrogen (secondary N) is 2. The maximum atomic E-state index is 12.6. The fraction of sp³-hybridized carbons (Fsp3) is 0.444. The molecule has 2 aromatic rings. The molecule has 0 spiro atoms. The number of fused-ring (bicyclic) bond motifs is 4. The van der Waals surface area contributed by atoms with Crippen molar-refractivity contribution in [3.63, 3.8) is 0 Å². The molecule has 2 saturated carbocycles. The quantitative estimate of drug-likeness (QED) is 0.579. The first-order valence-electron chi connectivity index (χ1n) is 12.0. The van der Waals surface area contributed by atoms with Crippen LogP contribution in [-0.4, -0.2) is 41.8 Å². The average molecular weight is 463 g/mol. The van der Waals surface area contributed by atoms with Crippen molar-refractivity contribution in [2.24, 2.45) is 17.8 Å². The van der Waals surface area contributed by atoms with Crippen LogP contribution < -0.4 is 10.6 Å². The van der Waals surface area contributed by atoms with Crippen LogP contribution in [0.25, 0.3) is 11.1 Å². The van der Waals surface area contributed by atoms with E-state index in [-0.39, 0.29) is 42.7 Å². The molecular weight excluding hydrogens is 432 g/mol. The largest absolute Gasteiger partial charge is 0.481 e. The third-order valence-electron chi connectivity index (χ3n) is 7.71.